The van der Waals surface area contributed by atoms with Crippen molar-refractivity contribution >= 4 is 51.4 Å². The molecule has 3 rings (SSSR count). The average Bonchev–Trinajstić information content (AvgIpc) is 3.06. The molecule has 0 unspecified atom stereocenters. The fraction of sp³-hybridized carbons (Fsp3) is 0. The molecule has 0 bridgehead atoms. The predicted molar refractivity (Wildman–Crippen MR) is 101 cm³/mol. The van der Waals surface area contributed by atoms with E-state index in [1.165, 1.54) is 11.4 Å². The summed E-state index contributed by atoms with van der Waals surface area (Å²) in [5.74, 6) is -2.72. The minimum atomic E-state index is -1.08. The van der Waals surface area contributed by atoms with Crippen molar-refractivity contribution in [3.8, 4) is 0 Å². The summed E-state index contributed by atoms with van der Waals surface area (Å²) in [7, 11) is 0. The van der Waals surface area contributed by atoms with E-state index in [0.29, 0.717) is 10.7 Å². The second-order valence-electron chi connectivity index (χ2n) is 5.21. The number of benzene rings is 2. The number of amides is 3. The van der Waals surface area contributed by atoms with Crippen molar-refractivity contribution in [2.45, 2.75) is 0 Å². The van der Waals surface area contributed by atoms with Crippen LogP contribution in [0.1, 0.15) is 10.5 Å². The van der Waals surface area contributed by atoms with Crippen LogP contribution >= 0.6 is 22.9 Å². The summed E-state index contributed by atoms with van der Waals surface area (Å²) in [4.78, 5) is 28.1. The van der Waals surface area contributed by atoms with Gasteiger partial charge < -0.3 is 10.6 Å². The predicted octanol–water partition coefficient (Wildman–Crippen LogP) is 4.97. The third kappa shape index (κ3) is 4.99. The third-order valence-corrected chi connectivity index (χ3v) is 4.21. The molecular weight excluding hydrogens is 398 g/mol. The molecule has 10 heteroatoms. The number of nitrogens with zero attached hydrogens (tertiary/aromatic N) is 1. The molecule has 0 saturated heterocycles. The van der Waals surface area contributed by atoms with Gasteiger partial charge in [0.25, 0.3) is 5.91 Å². The summed E-state index contributed by atoms with van der Waals surface area (Å²) >= 11 is 6.87. The van der Waals surface area contributed by atoms with Crippen molar-refractivity contribution < 1.29 is 18.4 Å². The van der Waals surface area contributed by atoms with Gasteiger partial charge in [0.15, 0.2) is 16.8 Å². The van der Waals surface area contributed by atoms with Crippen LogP contribution in [0.4, 0.5) is 30.1 Å². The minimum absolute atomic E-state index is 0.0165. The molecule has 0 aliphatic carbocycles. The van der Waals surface area contributed by atoms with Crippen LogP contribution < -0.4 is 16.0 Å². The van der Waals surface area contributed by atoms with Gasteiger partial charge in [-0.25, -0.2) is 18.6 Å². The molecule has 0 fully saturated rings. The fourth-order valence-electron chi connectivity index (χ4n) is 2.03. The van der Waals surface area contributed by atoms with E-state index in [9.17, 15) is 18.4 Å². The van der Waals surface area contributed by atoms with Crippen molar-refractivity contribution in [3.05, 3.63) is 70.2 Å². The molecule has 1 heterocycles. The highest BCUT2D eigenvalue weighted by Gasteiger charge is 2.14. The summed E-state index contributed by atoms with van der Waals surface area (Å²) in [5, 5.41) is 9.54. The zero-order chi connectivity index (χ0) is 19.4. The van der Waals surface area contributed by atoms with Crippen molar-refractivity contribution in [2.75, 3.05) is 16.0 Å². The van der Waals surface area contributed by atoms with Crippen LogP contribution in [0.5, 0.6) is 0 Å². The van der Waals surface area contributed by atoms with Crippen LogP contribution in [0.15, 0.2) is 47.8 Å². The van der Waals surface area contributed by atoms with Crippen molar-refractivity contribution in [2.24, 2.45) is 0 Å². The van der Waals surface area contributed by atoms with Crippen LogP contribution in [0.25, 0.3) is 0 Å². The van der Waals surface area contributed by atoms with E-state index in [1.807, 2.05) is 0 Å². The number of hydrogen-bond donors (Lipinski definition) is 3. The first-order chi connectivity index (χ1) is 12.9. The smallest absolute Gasteiger partial charge is 0.321 e. The first-order valence-electron chi connectivity index (χ1n) is 7.46. The van der Waals surface area contributed by atoms with E-state index in [4.69, 9.17) is 11.6 Å². The summed E-state index contributed by atoms with van der Waals surface area (Å²) in [6.45, 7) is 0. The second kappa shape index (κ2) is 8.11. The molecule has 27 heavy (non-hydrogen) atoms. The number of hydrogen-bond acceptors (Lipinski definition) is 4. The van der Waals surface area contributed by atoms with Crippen LogP contribution in [0.2, 0.25) is 5.02 Å². The number of thiazole rings is 1. The summed E-state index contributed by atoms with van der Waals surface area (Å²) in [6, 6.07) is 9.01. The van der Waals surface area contributed by atoms with E-state index in [0.717, 1.165) is 23.5 Å². The Morgan fingerprint density at radius 2 is 1.74 bits per heavy atom. The Labute approximate surface area is 161 Å². The number of carbonyl (C=O) groups excluding carboxylic acids is 2. The third-order valence-electron chi connectivity index (χ3n) is 3.22. The number of rotatable bonds is 4. The van der Waals surface area contributed by atoms with Gasteiger partial charge in [-0.2, -0.15) is 0 Å². The molecule has 0 spiro atoms. The van der Waals surface area contributed by atoms with Crippen LogP contribution in [0.3, 0.4) is 0 Å². The lowest BCUT2D eigenvalue weighted by atomic mass is 10.3. The summed E-state index contributed by atoms with van der Waals surface area (Å²) in [6.07, 6.45) is 0. The van der Waals surface area contributed by atoms with E-state index in [2.05, 4.69) is 20.9 Å². The van der Waals surface area contributed by atoms with Gasteiger partial charge in [0.2, 0.25) is 0 Å². The topological polar surface area (TPSA) is 83.1 Å². The van der Waals surface area contributed by atoms with E-state index >= 15 is 0 Å². The molecule has 0 aliphatic rings. The molecule has 1 aromatic heterocycles. The van der Waals surface area contributed by atoms with Gasteiger partial charge in [-0.05, 0) is 30.3 Å². The zero-order valence-electron chi connectivity index (χ0n) is 13.4. The van der Waals surface area contributed by atoms with Crippen molar-refractivity contribution in [3.63, 3.8) is 0 Å². The number of halogens is 3. The number of carbonyl (C=O) groups is 2. The van der Waals surface area contributed by atoms with Crippen LogP contribution in [-0.2, 0) is 0 Å². The van der Waals surface area contributed by atoms with Gasteiger partial charge in [-0.1, -0.05) is 17.7 Å². The lowest BCUT2D eigenvalue weighted by Crippen LogP contribution is -2.19. The summed E-state index contributed by atoms with van der Waals surface area (Å²) < 4.78 is 26.1. The van der Waals surface area contributed by atoms with Gasteiger partial charge in [0.05, 0.1) is 0 Å². The molecule has 0 atom stereocenters. The molecule has 3 aromatic rings. The maximum Gasteiger partial charge on any atom is 0.325 e. The van der Waals surface area contributed by atoms with Gasteiger partial charge >= 0.3 is 6.03 Å². The molecule has 3 N–H and O–H groups in total. The number of aromatic nitrogens is 1. The van der Waals surface area contributed by atoms with Gasteiger partial charge in [-0.3, -0.25) is 10.1 Å². The Balaban J connectivity index is 1.61. The van der Waals surface area contributed by atoms with Crippen LogP contribution in [0, 0.1) is 11.6 Å². The molecular formula is C17H11ClF2N4O2S. The van der Waals surface area contributed by atoms with E-state index in [-0.39, 0.29) is 16.5 Å². The number of urea groups is 1. The van der Waals surface area contributed by atoms with Gasteiger partial charge in [-0.15, -0.1) is 11.3 Å². The maximum absolute atomic E-state index is 13.2. The molecule has 2 aromatic carbocycles. The largest absolute Gasteiger partial charge is 0.325 e. The first kappa shape index (κ1) is 18.7. The Bertz CT molecular complexity index is 1010. The van der Waals surface area contributed by atoms with Gasteiger partial charge in [0, 0.05) is 27.8 Å². The average molecular weight is 409 g/mol. The minimum Gasteiger partial charge on any atom is -0.321 e. The molecule has 0 saturated carbocycles. The Morgan fingerprint density at radius 3 is 2.48 bits per heavy atom. The lowest BCUT2D eigenvalue weighted by Gasteiger charge is -2.05. The standard InChI is InChI=1S/C17H11ClF2N4O2S/c18-9-2-1-3-10(6-9)22-16(26)24-17-23-14(8-27-17)15(25)21-11-4-5-12(19)13(20)7-11/h1-8H,(H,21,25)(H2,22,23,24,26). The Morgan fingerprint density at radius 1 is 0.963 bits per heavy atom. The number of anilines is 3. The molecule has 6 nitrogen and oxygen atoms in total. The number of nitrogens with one attached hydrogen (secondary N) is 3. The van der Waals surface area contributed by atoms with Crippen molar-refractivity contribution in [1.82, 2.24) is 4.98 Å². The highest BCUT2D eigenvalue weighted by Crippen LogP contribution is 2.19. The molecule has 0 radical (unpaired) electrons. The molecule has 0 aliphatic heterocycles. The van der Waals surface area contributed by atoms with E-state index in [1.54, 1.807) is 24.3 Å². The van der Waals surface area contributed by atoms with Gasteiger partial charge in [0.1, 0.15) is 5.69 Å². The Hall–Kier alpha value is -3.04. The highest BCUT2D eigenvalue weighted by atomic mass is 35.5. The maximum atomic E-state index is 13.2. The summed E-state index contributed by atoms with van der Waals surface area (Å²) in [5.41, 5.74) is 0.593. The zero-order valence-corrected chi connectivity index (χ0v) is 15.0. The molecule has 3 amide bonds. The van der Waals surface area contributed by atoms with Crippen molar-refractivity contribution in [1.29, 1.82) is 0 Å². The Kier molecular flexibility index (Phi) is 5.63. The second-order valence-corrected chi connectivity index (χ2v) is 6.50. The normalized spacial score (nSPS) is 10.3. The SMILES string of the molecule is O=C(Nc1cccc(Cl)c1)Nc1nc(C(=O)Nc2ccc(F)c(F)c2)cs1. The fourth-order valence-corrected chi connectivity index (χ4v) is 2.91. The van der Waals surface area contributed by atoms with E-state index < -0.39 is 23.6 Å². The quantitative estimate of drug-likeness (QED) is 0.569. The highest BCUT2D eigenvalue weighted by molar-refractivity contribution is 7.14. The monoisotopic (exact) mass is 408 g/mol. The van der Waals surface area contributed by atoms with Crippen LogP contribution in [-0.4, -0.2) is 16.9 Å². The molecule has 138 valence electrons. The lowest BCUT2D eigenvalue weighted by molar-refractivity contribution is 0.102. The first-order valence-corrected chi connectivity index (χ1v) is 8.72.